The summed E-state index contributed by atoms with van der Waals surface area (Å²) < 4.78 is 18.8. The molecule has 28 rings (SSSR count). The average molecular weight is 1870 g/mol. The van der Waals surface area contributed by atoms with E-state index in [1.165, 1.54) is 131 Å². The number of rotatable bonds is 18. The molecule has 6 aromatic heterocycles. The van der Waals surface area contributed by atoms with E-state index in [9.17, 15) is 10.5 Å². The van der Waals surface area contributed by atoms with Crippen LogP contribution in [0.15, 0.2) is 446 Å². The predicted octanol–water partition coefficient (Wildman–Crippen LogP) is 38.4. The van der Waals surface area contributed by atoms with E-state index in [1.807, 2.05) is 48.5 Å². The van der Waals surface area contributed by atoms with E-state index in [2.05, 4.69) is 470 Å². The summed E-state index contributed by atoms with van der Waals surface area (Å²) in [5, 5.41) is 43.0. The lowest BCUT2D eigenvalue weighted by Gasteiger charge is -2.26. The third kappa shape index (κ3) is 14.2. The van der Waals surface area contributed by atoms with Crippen molar-refractivity contribution < 1.29 is 8.83 Å². The van der Waals surface area contributed by atoms with Gasteiger partial charge in [-0.25, -0.2) is 0 Å². The Hall–Kier alpha value is -18.7. The zero-order chi connectivity index (χ0) is 97.8. The van der Waals surface area contributed by atoms with Crippen LogP contribution in [0.3, 0.4) is 0 Å². The number of furan rings is 2. The first-order valence-corrected chi connectivity index (χ1v) is 50.6. The summed E-state index contributed by atoms with van der Waals surface area (Å²) in [6.07, 6.45) is 1.80. The minimum Gasteiger partial charge on any atom is -0.454 e. The fraction of sp³-hybridized carbons (Fsp3) is 0.0735. The maximum absolute atomic E-state index is 9.65. The minimum atomic E-state index is 0.422. The second-order valence-corrected chi connectivity index (χ2v) is 39.5. The number of benzene rings is 22. The molecular formula is C136H96N8O2. The molecule has 0 radical (unpaired) electrons. The van der Waals surface area contributed by atoms with E-state index in [0.29, 0.717) is 23.0 Å². The molecule has 0 saturated carbocycles. The molecule has 0 bridgehead atoms. The molecule has 0 N–H and O–H groups in total. The van der Waals surface area contributed by atoms with Crippen molar-refractivity contribution in [3.63, 3.8) is 0 Å². The lowest BCUT2D eigenvalue weighted by molar-refractivity contribution is 0.663. The summed E-state index contributed by atoms with van der Waals surface area (Å²) in [7, 11) is 0. The number of hydrogen-bond acceptors (Lipinski definition) is 8. The number of hydrogen-bond donors (Lipinski definition) is 0. The minimum absolute atomic E-state index is 0.422. The van der Waals surface area contributed by atoms with Crippen molar-refractivity contribution in [1.29, 1.82) is 10.5 Å². The van der Waals surface area contributed by atoms with Gasteiger partial charge in [-0.15, -0.1) is 0 Å². The highest BCUT2D eigenvalue weighted by Gasteiger charge is 2.29. The fourth-order valence-electron chi connectivity index (χ4n) is 23.1. The van der Waals surface area contributed by atoms with Crippen molar-refractivity contribution in [2.24, 2.45) is 0 Å². The van der Waals surface area contributed by atoms with Crippen LogP contribution in [0.2, 0.25) is 0 Å². The summed E-state index contributed by atoms with van der Waals surface area (Å²) in [5.41, 5.74) is 34.3. The highest BCUT2D eigenvalue weighted by Crippen LogP contribution is 2.53. The van der Waals surface area contributed by atoms with Crippen LogP contribution in [-0.4, -0.2) is 8.80 Å². The van der Waals surface area contributed by atoms with E-state index >= 15 is 0 Å². The molecule has 0 unspecified atom stereocenters. The third-order valence-electron chi connectivity index (χ3n) is 30.4. The molecule has 146 heavy (non-hydrogen) atoms. The van der Waals surface area contributed by atoms with Gasteiger partial charge in [0.25, 0.3) is 0 Å². The Balaban J connectivity index is 0.000000146. The Labute approximate surface area is 844 Å². The van der Waals surface area contributed by atoms with Gasteiger partial charge < -0.3 is 37.2 Å². The smallest absolute Gasteiger partial charge is 0.159 e. The Bertz CT molecular complexity index is 9640. The molecule has 692 valence electrons. The lowest BCUT2D eigenvalue weighted by atomic mass is 9.97. The predicted molar refractivity (Wildman–Crippen MR) is 613 cm³/mol. The van der Waals surface area contributed by atoms with Crippen molar-refractivity contribution in [3.8, 4) is 34.4 Å². The first-order chi connectivity index (χ1) is 71.8. The molecule has 0 amide bonds. The first kappa shape index (κ1) is 86.4. The highest BCUT2D eigenvalue weighted by atomic mass is 16.3. The SMILES string of the molecule is CC(C)c1ccc(N(c2ccc(C#N)cc2)c2ccc3cc4c5cc(-c6ccccc6)cc6c7cc8ccc(N(c9ccc(C#N)cc9)c9ccc(C(C)C)cc9)cc8cc7n(c4cc3c2)c56)cc1.CCc1cccc2c1oc1c(N(c3ccccc3)c3ccc4cc5c6cc(-c7ccccc7)cc7c8cc9ccc(N(c%10ccccc%10)c%10cccc%11c%10oc%10c(CC)cccc%10%11)cc9cc8n(c5cc4c3)c67)cccc12. The molecular weight excluding hydrogens is 1780 g/mol. The van der Waals surface area contributed by atoms with Crippen LogP contribution < -0.4 is 19.6 Å². The molecule has 10 heteroatoms. The maximum Gasteiger partial charge on any atom is 0.159 e. The van der Waals surface area contributed by atoms with Crippen molar-refractivity contribution in [3.05, 3.63) is 470 Å². The molecule has 28 aromatic rings. The topological polar surface area (TPSA) is 95.6 Å². The highest BCUT2D eigenvalue weighted by molar-refractivity contribution is 6.30. The van der Waals surface area contributed by atoms with E-state index in [1.54, 1.807) is 0 Å². The van der Waals surface area contributed by atoms with Crippen molar-refractivity contribution in [2.75, 3.05) is 19.6 Å². The number of aromatic nitrogens is 2. The number of nitriles is 2. The van der Waals surface area contributed by atoms with Crippen LogP contribution in [0.1, 0.15) is 86.8 Å². The molecule has 0 aliphatic rings. The van der Waals surface area contributed by atoms with Gasteiger partial charge in [0.1, 0.15) is 11.2 Å². The van der Waals surface area contributed by atoms with Gasteiger partial charge in [-0.3, -0.25) is 0 Å². The van der Waals surface area contributed by atoms with Gasteiger partial charge >= 0.3 is 0 Å². The maximum atomic E-state index is 9.65. The molecule has 0 saturated heterocycles. The zero-order valence-corrected chi connectivity index (χ0v) is 81.5. The number of anilines is 12. The van der Waals surface area contributed by atoms with Gasteiger partial charge in [0, 0.05) is 122 Å². The summed E-state index contributed by atoms with van der Waals surface area (Å²) in [4.78, 5) is 9.27. The normalized spacial score (nSPS) is 11.9. The van der Waals surface area contributed by atoms with E-state index in [4.69, 9.17) is 8.83 Å². The van der Waals surface area contributed by atoms with Gasteiger partial charge in [0.2, 0.25) is 0 Å². The lowest BCUT2D eigenvalue weighted by Crippen LogP contribution is -2.10. The Morgan fingerprint density at radius 3 is 0.801 bits per heavy atom. The van der Waals surface area contributed by atoms with Crippen LogP contribution in [0.5, 0.6) is 0 Å². The third-order valence-corrected chi connectivity index (χ3v) is 30.4. The molecule has 0 spiro atoms. The molecule has 10 nitrogen and oxygen atoms in total. The van der Waals surface area contributed by atoms with Gasteiger partial charge in [0.05, 0.1) is 67.7 Å². The monoisotopic (exact) mass is 1870 g/mol. The van der Waals surface area contributed by atoms with Crippen molar-refractivity contribution >= 4 is 231 Å². The zero-order valence-electron chi connectivity index (χ0n) is 81.5. The van der Waals surface area contributed by atoms with Crippen LogP contribution in [0, 0.1) is 22.7 Å². The Kier molecular flexibility index (Phi) is 20.5. The second kappa shape index (κ2) is 34.6. The molecule has 0 fully saturated rings. The summed E-state index contributed by atoms with van der Waals surface area (Å²) in [5.74, 6) is 0.843. The number of nitrogens with zero attached hydrogens (tertiary/aromatic N) is 8. The van der Waals surface area contributed by atoms with E-state index in [-0.39, 0.29) is 0 Å². The summed E-state index contributed by atoms with van der Waals surface area (Å²) in [6.45, 7) is 13.3. The van der Waals surface area contributed by atoms with Crippen LogP contribution >= 0.6 is 0 Å². The molecule has 0 aliphatic carbocycles. The molecule has 0 aliphatic heterocycles. The van der Waals surface area contributed by atoms with Crippen molar-refractivity contribution in [2.45, 2.75) is 66.2 Å². The fourth-order valence-corrected chi connectivity index (χ4v) is 23.1. The first-order valence-electron chi connectivity index (χ1n) is 50.6. The largest absolute Gasteiger partial charge is 0.454 e. The van der Waals surface area contributed by atoms with Gasteiger partial charge in [-0.1, -0.05) is 248 Å². The molecule has 6 heterocycles. The molecule has 0 atom stereocenters. The standard InChI is InChI=1S/C72H49N3O2.C64H47N5/c1-3-44-20-14-26-56-58-28-16-30-64(71(58)76-69(44)56)73(52-22-10-6-11-23-52)54-34-32-47-38-60-62-40-51(46-18-8-5-9-19-46)41-63-61-39-48-33-35-55(37-50(48)43-67(61)75(68(62)63)66(60)42-49(47)36-54)74(53-24-12-7-13-25-53)65-31-17-29-59-57-27-15-21-45(4-2)70(57)77-72(59)65;1-40(2)44-14-24-54(25-15-44)67(52-20-10-42(38-65)11-21-52)56-28-18-47-32-58-60-34-51(46-8-6-5-7-9-46)35-61-59-33-48-19-29-57(31-50(48)37-63(59)69(64(60)61)62(58)36-49(47)30-56)68(53-22-12-43(39-66)13-23-53)55-26-16-45(17-27-55)41(3)4/h5-43H,3-4H2,1-2H3;5-37,40-41H,1-4H3. The Morgan fingerprint density at radius 1 is 0.226 bits per heavy atom. The number of aryl methyl sites for hydroxylation is 2. The molecule has 22 aromatic carbocycles. The number of fused-ring (bicyclic) bond motifs is 22. The van der Waals surface area contributed by atoms with Gasteiger partial charge in [-0.05, 0) is 343 Å². The van der Waals surface area contributed by atoms with Crippen LogP contribution in [-0.2, 0) is 12.8 Å². The van der Waals surface area contributed by atoms with E-state index < -0.39 is 0 Å². The van der Waals surface area contributed by atoms with Crippen LogP contribution in [0.4, 0.5) is 68.2 Å². The van der Waals surface area contributed by atoms with Crippen molar-refractivity contribution in [1.82, 2.24) is 8.80 Å². The Morgan fingerprint density at radius 2 is 0.500 bits per heavy atom. The quantitative estimate of drug-likeness (QED) is 0.0838. The van der Waals surface area contributed by atoms with Crippen LogP contribution in [0.25, 0.3) is 185 Å². The second-order valence-electron chi connectivity index (χ2n) is 39.5. The van der Waals surface area contributed by atoms with Gasteiger partial charge in [0.15, 0.2) is 11.2 Å². The van der Waals surface area contributed by atoms with Gasteiger partial charge in [-0.2, -0.15) is 10.5 Å². The summed E-state index contributed by atoms with van der Waals surface area (Å²) >= 11 is 0. The van der Waals surface area contributed by atoms with E-state index in [0.717, 1.165) is 158 Å². The number of para-hydroxylation sites is 6. The average Bonchev–Trinajstić information content (AvgIpc) is 1.53. The summed E-state index contributed by atoms with van der Waals surface area (Å²) in [6, 6.07) is 163.